The molecule has 2 unspecified atom stereocenters. The summed E-state index contributed by atoms with van der Waals surface area (Å²) in [6, 6.07) is 13.9. The summed E-state index contributed by atoms with van der Waals surface area (Å²) in [5.74, 6) is -0.190. The van der Waals surface area contributed by atoms with Crippen LogP contribution in [0.4, 0.5) is 10.1 Å². The van der Waals surface area contributed by atoms with Gasteiger partial charge in [0.2, 0.25) is 10.0 Å². The fourth-order valence-corrected chi connectivity index (χ4v) is 6.85. The van der Waals surface area contributed by atoms with Crippen molar-refractivity contribution in [2.75, 3.05) is 31.1 Å². The molecule has 0 bridgehead atoms. The zero-order chi connectivity index (χ0) is 22.9. The Morgan fingerprint density at radius 1 is 1.16 bits per heavy atom. The molecular formula is C24H30FN3O3S. The Kier molecular flexibility index (Phi) is 6.65. The number of rotatable bonds is 5. The maximum absolute atomic E-state index is 15.1. The number of benzene rings is 2. The highest BCUT2D eigenvalue weighted by Gasteiger charge is 2.39. The van der Waals surface area contributed by atoms with E-state index in [1.165, 1.54) is 10.4 Å². The predicted molar refractivity (Wildman–Crippen MR) is 123 cm³/mol. The molecular weight excluding hydrogens is 429 g/mol. The third-order valence-electron chi connectivity index (χ3n) is 6.44. The van der Waals surface area contributed by atoms with E-state index in [1.807, 2.05) is 48.2 Å². The summed E-state index contributed by atoms with van der Waals surface area (Å²) in [6.45, 7) is 5.80. The van der Waals surface area contributed by atoms with Crippen LogP contribution in [0.25, 0.3) is 0 Å². The molecule has 0 spiro atoms. The molecule has 0 amide bonds. The third-order valence-corrected chi connectivity index (χ3v) is 8.62. The number of carbonyl (C=O) groups excluding carboxylic acids is 1. The van der Waals surface area contributed by atoms with Crippen LogP contribution in [0.1, 0.15) is 36.6 Å². The Morgan fingerprint density at radius 3 is 2.59 bits per heavy atom. The van der Waals surface area contributed by atoms with Gasteiger partial charge in [0.05, 0.1) is 6.04 Å². The van der Waals surface area contributed by atoms with E-state index < -0.39 is 21.1 Å². The highest BCUT2D eigenvalue weighted by molar-refractivity contribution is 7.89. The number of carbonyl (C=O) groups is 1. The SMILES string of the molecule is CC(=O)C1CN(c2ccc(CN3C[C@@H](C)CC(c4ccccc4)S3(=O)=O)c(F)c2)CCN1. The molecule has 2 saturated heterocycles. The number of hydrogen-bond acceptors (Lipinski definition) is 5. The van der Waals surface area contributed by atoms with E-state index >= 15 is 4.39 Å². The zero-order valence-corrected chi connectivity index (χ0v) is 19.3. The molecule has 172 valence electrons. The zero-order valence-electron chi connectivity index (χ0n) is 18.5. The van der Waals surface area contributed by atoms with Crippen molar-refractivity contribution in [3.63, 3.8) is 0 Å². The van der Waals surface area contributed by atoms with E-state index in [4.69, 9.17) is 0 Å². The van der Waals surface area contributed by atoms with Crippen molar-refractivity contribution >= 4 is 21.5 Å². The molecule has 0 aliphatic carbocycles. The van der Waals surface area contributed by atoms with Gasteiger partial charge in [0.1, 0.15) is 16.9 Å². The van der Waals surface area contributed by atoms with Crippen molar-refractivity contribution in [3.8, 4) is 0 Å². The second-order valence-corrected chi connectivity index (χ2v) is 11.0. The summed E-state index contributed by atoms with van der Waals surface area (Å²) in [5.41, 5.74) is 1.84. The number of hydrogen-bond donors (Lipinski definition) is 1. The largest absolute Gasteiger partial charge is 0.368 e. The predicted octanol–water partition coefficient (Wildman–Crippen LogP) is 3.11. The van der Waals surface area contributed by atoms with Crippen LogP contribution >= 0.6 is 0 Å². The van der Waals surface area contributed by atoms with Crippen LogP contribution in [-0.4, -0.2) is 50.7 Å². The minimum atomic E-state index is -3.60. The molecule has 1 N–H and O–H groups in total. The van der Waals surface area contributed by atoms with Crippen molar-refractivity contribution < 1.29 is 17.6 Å². The highest BCUT2D eigenvalue weighted by atomic mass is 32.2. The van der Waals surface area contributed by atoms with Crippen LogP contribution in [0.15, 0.2) is 48.5 Å². The first kappa shape index (κ1) is 22.9. The smallest absolute Gasteiger partial charge is 0.221 e. The maximum atomic E-state index is 15.1. The van der Waals surface area contributed by atoms with Gasteiger partial charge in [-0.3, -0.25) is 4.79 Å². The van der Waals surface area contributed by atoms with E-state index in [1.54, 1.807) is 13.0 Å². The summed E-state index contributed by atoms with van der Waals surface area (Å²) in [4.78, 5) is 13.7. The first-order valence-corrected chi connectivity index (χ1v) is 12.6. The van der Waals surface area contributed by atoms with Crippen LogP contribution in [-0.2, 0) is 21.4 Å². The standard InChI is InChI=1S/C24H30FN3O3S/c1-17-12-24(19-6-4-3-5-7-19)32(30,31)28(14-17)15-20-8-9-21(13-22(20)25)27-11-10-26-23(16-27)18(2)29/h3-9,13,17,23-24,26H,10-12,14-16H2,1-2H3/t17-,23?,24?/m0/s1. The molecule has 0 aromatic heterocycles. The summed E-state index contributed by atoms with van der Waals surface area (Å²) in [7, 11) is -3.60. The second kappa shape index (κ2) is 9.29. The monoisotopic (exact) mass is 459 g/mol. The molecule has 3 atom stereocenters. The van der Waals surface area contributed by atoms with Crippen LogP contribution in [0, 0.1) is 11.7 Å². The number of nitrogens with zero attached hydrogens (tertiary/aromatic N) is 2. The van der Waals surface area contributed by atoms with Crippen molar-refractivity contribution in [1.82, 2.24) is 9.62 Å². The van der Waals surface area contributed by atoms with Crippen LogP contribution in [0.3, 0.4) is 0 Å². The Bertz CT molecular complexity index is 1080. The quantitative estimate of drug-likeness (QED) is 0.744. The van der Waals surface area contributed by atoms with E-state index in [9.17, 15) is 13.2 Å². The molecule has 6 nitrogen and oxygen atoms in total. The van der Waals surface area contributed by atoms with Gasteiger partial charge in [-0.1, -0.05) is 43.3 Å². The summed E-state index contributed by atoms with van der Waals surface area (Å²) in [6.07, 6.45) is 0.560. The van der Waals surface area contributed by atoms with E-state index in [-0.39, 0.29) is 24.3 Å². The van der Waals surface area contributed by atoms with Gasteiger partial charge in [-0.25, -0.2) is 12.8 Å². The molecule has 2 fully saturated rings. The lowest BCUT2D eigenvalue weighted by Crippen LogP contribution is -2.53. The van der Waals surface area contributed by atoms with Crippen molar-refractivity contribution in [1.29, 1.82) is 0 Å². The minimum Gasteiger partial charge on any atom is -0.368 e. The number of sulfonamides is 1. The van der Waals surface area contributed by atoms with Crippen molar-refractivity contribution in [2.24, 2.45) is 5.92 Å². The lowest BCUT2D eigenvalue weighted by Gasteiger charge is -2.36. The van der Waals surface area contributed by atoms with Crippen LogP contribution in [0.2, 0.25) is 0 Å². The summed E-state index contributed by atoms with van der Waals surface area (Å²) >= 11 is 0. The van der Waals surface area contributed by atoms with Gasteiger partial charge < -0.3 is 10.2 Å². The molecule has 2 heterocycles. The first-order chi connectivity index (χ1) is 15.3. The normalized spacial score (nSPS) is 26.1. The topological polar surface area (TPSA) is 69.7 Å². The molecule has 0 saturated carbocycles. The second-order valence-electron chi connectivity index (χ2n) is 8.92. The lowest BCUT2D eigenvalue weighted by atomic mass is 10.00. The van der Waals surface area contributed by atoms with Crippen molar-refractivity contribution in [3.05, 3.63) is 65.5 Å². The molecule has 8 heteroatoms. The van der Waals surface area contributed by atoms with Gasteiger partial charge in [-0.2, -0.15) is 4.31 Å². The average Bonchev–Trinajstić information content (AvgIpc) is 2.78. The molecule has 2 aliphatic heterocycles. The number of halogens is 1. The maximum Gasteiger partial charge on any atom is 0.221 e. The van der Waals surface area contributed by atoms with Gasteiger partial charge in [0.15, 0.2) is 0 Å². The fraction of sp³-hybridized carbons (Fsp3) is 0.458. The molecule has 32 heavy (non-hydrogen) atoms. The molecule has 4 rings (SSSR count). The van der Waals surface area contributed by atoms with Gasteiger partial charge in [0, 0.05) is 44.0 Å². The Hall–Kier alpha value is -2.29. The number of anilines is 1. The molecule has 2 aliphatic rings. The average molecular weight is 460 g/mol. The number of nitrogens with one attached hydrogen (secondary N) is 1. The fourth-order valence-electron chi connectivity index (χ4n) is 4.63. The Morgan fingerprint density at radius 2 is 1.91 bits per heavy atom. The van der Waals surface area contributed by atoms with Gasteiger partial charge >= 0.3 is 0 Å². The minimum absolute atomic E-state index is 0.0136. The number of ketones is 1. The molecule has 2 aromatic carbocycles. The lowest BCUT2D eigenvalue weighted by molar-refractivity contribution is -0.118. The van der Waals surface area contributed by atoms with E-state index in [0.29, 0.717) is 43.9 Å². The summed E-state index contributed by atoms with van der Waals surface area (Å²) < 4.78 is 43.2. The van der Waals surface area contributed by atoms with Crippen molar-refractivity contribution in [2.45, 2.75) is 38.1 Å². The van der Waals surface area contributed by atoms with Crippen LogP contribution in [0.5, 0.6) is 0 Å². The van der Waals surface area contributed by atoms with E-state index in [0.717, 1.165) is 5.56 Å². The van der Waals surface area contributed by atoms with Gasteiger partial charge in [-0.15, -0.1) is 0 Å². The van der Waals surface area contributed by atoms with Crippen LogP contribution < -0.4 is 10.2 Å². The third kappa shape index (κ3) is 4.72. The Labute approximate surface area is 189 Å². The number of piperazine rings is 1. The van der Waals surface area contributed by atoms with Gasteiger partial charge in [-0.05, 0) is 37.0 Å². The summed E-state index contributed by atoms with van der Waals surface area (Å²) in [5, 5.41) is 2.56. The Balaban J connectivity index is 1.54. The van der Waals surface area contributed by atoms with E-state index in [2.05, 4.69) is 5.32 Å². The number of Topliss-reactive ketones (excluding diaryl/α,β-unsaturated/α-hetero) is 1. The first-order valence-electron chi connectivity index (χ1n) is 11.1. The molecule has 0 radical (unpaired) electrons. The highest BCUT2D eigenvalue weighted by Crippen LogP contribution is 2.38. The molecule has 2 aromatic rings. The van der Waals surface area contributed by atoms with Gasteiger partial charge in [0.25, 0.3) is 0 Å².